The quantitative estimate of drug-likeness (QED) is 0.884. The normalized spacial score (nSPS) is 17.7. The van der Waals surface area contributed by atoms with Crippen molar-refractivity contribution in [2.75, 3.05) is 20.1 Å². The monoisotopic (exact) mass is 363 g/mol. The number of carbonyl (C=O) groups excluding carboxylic acids is 1. The smallest absolute Gasteiger partial charge is 0.267 e. The number of piperidine rings is 1. The van der Waals surface area contributed by atoms with Gasteiger partial charge >= 0.3 is 0 Å². The molecule has 0 spiro atoms. The van der Waals surface area contributed by atoms with Gasteiger partial charge in [-0.3, -0.25) is 4.79 Å². The highest BCUT2D eigenvalue weighted by molar-refractivity contribution is 6.30. The number of likely N-dealkylation sites (N-methyl/N-ethyl adjacent to an activating group) is 1. The number of ether oxygens (including phenoxy) is 1. The SMILES string of the molecule is C[C@@H](c1ccon1)N(C)C(=O)C1(Oc2ccc(Cl)cc2)CCNCC1. The van der Waals surface area contributed by atoms with Crippen LogP contribution in [0.25, 0.3) is 0 Å². The third-order valence-electron chi connectivity index (χ3n) is 4.71. The molecule has 0 saturated carbocycles. The molecule has 6 nitrogen and oxygen atoms in total. The van der Waals surface area contributed by atoms with Gasteiger partial charge in [-0.15, -0.1) is 0 Å². The summed E-state index contributed by atoms with van der Waals surface area (Å²) in [6.45, 7) is 3.38. The molecule has 0 bridgehead atoms. The molecule has 7 heteroatoms. The lowest BCUT2D eigenvalue weighted by Crippen LogP contribution is -2.57. The highest BCUT2D eigenvalue weighted by atomic mass is 35.5. The average molecular weight is 364 g/mol. The van der Waals surface area contributed by atoms with Crippen molar-refractivity contribution >= 4 is 17.5 Å². The standard InChI is InChI=1S/C18H22ClN3O3/c1-13(16-7-12-24-21-16)22(2)17(23)18(8-10-20-11-9-18)25-15-5-3-14(19)4-6-15/h3-7,12-13,20H,8-11H2,1-2H3/t13-/m0/s1. The minimum Gasteiger partial charge on any atom is -0.477 e. The average Bonchev–Trinajstić information content (AvgIpc) is 3.17. The molecule has 3 rings (SSSR count). The summed E-state index contributed by atoms with van der Waals surface area (Å²) in [5, 5.41) is 7.86. The Morgan fingerprint density at radius 1 is 1.32 bits per heavy atom. The summed E-state index contributed by atoms with van der Waals surface area (Å²) < 4.78 is 11.1. The summed E-state index contributed by atoms with van der Waals surface area (Å²) in [4.78, 5) is 15.0. The van der Waals surface area contributed by atoms with Gasteiger partial charge in [0.1, 0.15) is 17.7 Å². The summed E-state index contributed by atoms with van der Waals surface area (Å²) in [5.41, 5.74) is -0.183. The van der Waals surface area contributed by atoms with Crippen LogP contribution in [0.4, 0.5) is 0 Å². The largest absolute Gasteiger partial charge is 0.477 e. The summed E-state index contributed by atoms with van der Waals surface area (Å²) in [7, 11) is 1.77. The van der Waals surface area contributed by atoms with Crippen LogP contribution in [-0.4, -0.2) is 41.7 Å². The molecule has 1 aromatic heterocycles. The van der Waals surface area contributed by atoms with Crippen molar-refractivity contribution in [3.8, 4) is 5.75 Å². The molecule has 2 heterocycles. The third-order valence-corrected chi connectivity index (χ3v) is 4.97. The zero-order valence-electron chi connectivity index (χ0n) is 14.4. The van der Waals surface area contributed by atoms with E-state index < -0.39 is 5.60 Å². The molecule has 1 N–H and O–H groups in total. The van der Waals surface area contributed by atoms with E-state index in [-0.39, 0.29) is 11.9 Å². The minimum absolute atomic E-state index is 0.0561. The van der Waals surface area contributed by atoms with Crippen LogP contribution in [0.15, 0.2) is 41.1 Å². The zero-order valence-corrected chi connectivity index (χ0v) is 15.1. The molecule has 134 valence electrons. The molecule has 1 saturated heterocycles. The highest BCUT2D eigenvalue weighted by Gasteiger charge is 2.45. The van der Waals surface area contributed by atoms with Crippen molar-refractivity contribution in [1.29, 1.82) is 0 Å². The van der Waals surface area contributed by atoms with Crippen LogP contribution in [0, 0.1) is 0 Å². The third kappa shape index (κ3) is 3.80. The second-order valence-electron chi connectivity index (χ2n) is 6.32. The Morgan fingerprint density at radius 3 is 2.60 bits per heavy atom. The van der Waals surface area contributed by atoms with Gasteiger partial charge in [0.15, 0.2) is 5.60 Å². The molecule has 1 atom stereocenters. The maximum atomic E-state index is 13.3. The van der Waals surface area contributed by atoms with Gasteiger partial charge in [0.2, 0.25) is 0 Å². The number of aromatic nitrogens is 1. The molecule has 1 aromatic carbocycles. The first-order valence-electron chi connectivity index (χ1n) is 8.35. The second-order valence-corrected chi connectivity index (χ2v) is 6.75. The van der Waals surface area contributed by atoms with Crippen LogP contribution in [0.1, 0.15) is 31.5 Å². The summed E-state index contributed by atoms with van der Waals surface area (Å²) in [6, 6.07) is 8.67. The highest BCUT2D eigenvalue weighted by Crippen LogP contribution is 2.31. The number of amides is 1. The van der Waals surface area contributed by atoms with Gasteiger partial charge in [0, 0.05) is 31.0 Å². The fraction of sp³-hybridized carbons (Fsp3) is 0.444. The summed E-state index contributed by atoms with van der Waals surface area (Å²) in [6.07, 6.45) is 2.71. The molecule has 1 fully saturated rings. The number of hydrogen-bond acceptors (Lipinski definition) is 5. The minimum atomic E-state index is -0.897. The number of nitrogens with zero attached hydrogens (tertiary/aromatic N) is 2. The predicted molar refractivity (Wildman–Crippen MR) is 94.6 cm³/mol. The van der Waals surface area contributed by atoms with Crippen LogP contribution in [0.2, 0.25) is 5.02 Å². The van der Waals surface area contributed by atoms with E-state index in [9.17, 15) is 4.79 Å². The van der Waals surface area contributed by atoms with Gasteiger partial charge in [0.25, 0.3) is 5.91 Å². The van der Waals surface area contributed by atoms with Crippen LogP contribution >= 0.6 is 11.6 Å². The van der Waals surface area contributed by atoms with Gasteiger partial charge in [-0.25, -0.2) is 0 Å². The van der Waals surface area contributed by atoms with E-state index in [2.05, 4.69) is 10.5 Å². The number of rotatable bonds is 5. The van der Waals surface area contributed by atoms with Gasteiger partial charge in [0.05, 0.1) is 6.04 Å². The van der Waals surface area contributed by atoms with Crippen molar-refractivity contribution in [1.82, 2.24) is 15.4 Å². The molecule has 1 amide bonds. The molecule has 1 aliphatic heterocycles. The van der Waals surface area contributed by atoms with Crippen molar-refractivity contribution < 1.29 is 14.1 Å². The van der Waals surface area contributed by atoms with Crippen molar-refractivity contribution in [3.05, 3.63) is 47.3 Å². The Hall–Kier alpha value is -2.05. The lowest BCUT2D eigenvalue weighted by Gasteiger charge is -2.40. The fourth-order valence-electron chi connectivity index (χ4n) is 3.05. The first kappa shape index (κ1) is 17.8. The van der Waals surface area contributed by atoms with Gasteiger partial charge in [-0.1, -0.05) is 16.8 Å². The summed E-state index contributed by atoms with van der Waals surface area (Å²) in [5.74, 6) is 0.585. The Balaban J connectivity index is 1.83. The van der Waals surface area contributed by atoms with E-state index in [0.717, 1.165) is 13.1 Å². The molecule has 0 radical (unpaired) electrons. The maximum absolute atomic E-state index is 13.3. The van der Waals surface area contributed by atoms with E-state index in [1.807, 2.05) is 6.92 Å². The van der Waals surface area contributed by atoms with Crippen LogP contribution in [0.3, 0.4) is 0 Å². The van der Waals surface area contributed by atoms with Crippen LogP contribution in [0.5, 0.6) is 5.75 Å². The maximum Gasteiger partial charge on any atom is 0.267 e. The first-order valence-corrected chi connectivity index (χ1v) is 8.72. The summed E-state index contributed by atoms with van der Waals surface area (Å²) >= 11 is 5.94. The molecule has 0 unspecified atom stereocenters. The lowest BCUT2D eigenvalue weighted by atomic mass is 9.89. The number of carbonyl (C=O) groups is 1. The Labute approximate surface area is 152 Å². The predicted octanol–water partition coefficient (Wildman–Crippen LogP) is 3.05. The van der Waals surface area contributed by atoms with Gasteiger partial charge in [-0.05, 0) is 44.3 Å². The van der Waals surface area contributed by atoms with E-state index in [1.165, 1.54) is 6.26 Å². The molecular weight excluding hydrogens is 342 g/mol. The molecule has 1 aliphatic rings. The first-order chi connectivity index (χ1) is 12.0. The number of halogens is 1. The fourth-order valence-corrected chi connectivity index (χ4v) is 3.18. The number of nitrogens with one attached hydrogen (secondary N) is 1. The topological polar surface area (TPSA) is 67.6 Å². The van der Waals surface area contributed by atoms with E-state index in [0.29, 0.717) is 29.3 Å². The molecule has 25 heavy (non-hydrogen) atoms. The number of benzene rings is 1. The Morgan fingerprint density at radius 2 is 2.00 bits per heavy atom. The van der Waals surface area contributed by atoms with Gasteiger partial charge in [-0.2, -0.15) is 0 Å². The van der Waals surface area contributed by atoms with Gasteiger partial charge < -0.3 is 19.5 Å². The second kappa shape index (κ2) is 7.45. The van der Waals surface area contributed by atoms with Crippen molar-refractivity contribution in [2.45, 2.75) is 31.4 Å². The van der Waals surface area contributed by atoms with Crippen molar-refractivity contribution in [2.24, 2.45) is 0 Å². The zero-order chi connectivity index (χ0) is 17.9. The Bertz CT molecular complexity index is 697. The number of hydrogen-bond donors (Lipinski definition) is 1. The van der Waals surface area contributed by atoms with Crippen molar-refractivity contribution in [3.63, 3.8) is 0 Å². The van der Waals surface area contributed by atoms with E-state index in [1.54, 1.807) is 42.3 Å². The molecular formula is C18H22ClN3O3. The Kier molecular flexibility index (Phi) is 5.30. The van der Waals surface area contributed by atoms with Crippen LogP contribution < -0.4 is 10.1 Å². The van der Waals surface area contributed by atoms with E-state index >= 15 is 0 Å². The molecule has 0 aliphatic carbocycles. The van der Waals surface area contributed by atoms with E-state index in [4.69, 9.17) is 20.9 Å². The molecule has 2 aromatic rings. The lowest BCUT2D eigenvalue weighted by molar-refractivity contribution is -0.151. The van der Waals surface area contributed by atoms with Crippen LogP contribution in [-0.2, 0) is 4.79 Å².